The van der Waals surface area contributed by atoms with Gasteiger partial charge in [-0.1, -0.05) is 26.8 Å². The minimum absolute atomic E-state index is 0.00125. The van der Waals surface area contributed by atoms with Gasteiger partial charge < -0.3 is 16.0 Å². The fourth-order valence-electron chi connectivity index (χ4n) is 2.51. The molecular formula is C18H27N3O2. The maximum atomic E-state index is 12.1. The Bertz CT molecular complexity index is 584. The lowest BCUT2D eigenvalue weighted by atomic mass is 9.95. The lowest BCUT2D eigenvalue weighted by molar-refractivity contribution is -0.123. The molecule has 0 saturated carbocycles. The summed E-state index contributed by atoms with van der Waals surface area (Å²) in [7, 11) is 0. The van der Waals surface area contributed by atoms with Crippen molar-refractivity contribution < 1.29 is 9.59 Å². The van der Waals surface area contributed by atoms with Crippen LogP contribution in [0.15, 0.2) is 18.2 Å². The fraction of sp³-hybridized carbons (Fsp3) is 0.556. The van der Waals surface area contributed by atoms with Gasteiger partial charge in [0, 0.05) is 29.3 Å². The van der Waals surface area contributed by atoms with Crippen molar-refractivity contribution in [1.29, 1.82) is 0 Å². The number of amides is 2. The molecule has 1 aliphatic rings. The second-order valence-electron chi connectivity index (χ2n) is 7.28. The molecule has 1 aliphatic heterocycles. The van der Waals surface area contributed by atoms with E-state index < -0.39 is 5.41 Å². The highest BCUT2D eigenvalue weighted by molar-refractivity contribution is 5.97. The van der Waals surface area contributed by atoms with E-state index in [-0.39, 0.29) is 17.9 Å². The first kappa shape index (κ1) is 17.5. The monoisotopic (exact) mass is 317 g/mol. The van der Waals surface area contributed by atoms with Gasteiger partial charge in [-0.2, -0.15) is 0 Å². The van der Waals surface area contributed by atoms with E-state index >= 15 is 0 Å². The van der Waals surface area contributed by atoms with Gasteiger partial charge in [0.05, 0.1) is 0 Å². The van der Waals surface area contributed by atoms with E-state index in [1.54, 1.807) is 0 Å². The van der Waals surface area contributed by atoms with E-state index in [9.17, 15) is 9.59 Å². The van der Waals surface area contributed by atoms with E-state index in [1.807, 2.05) is 45.9 Å². The van der Waals surface area contributed by atoms with Crippen molar-refractivity contribution in [3.63, 3.8) is 0 Å². The lowest BCUT2D eigenvalue weighted by Crippen LogP contribution is -2.28. The molecule has 3 N–H and O–H groups in total. The second kappa shape index (κ2) is 7.13. The Morgan fingerprint density at radius 2 is 2.00 bits per heavy atom. The number of anilines is 2. The summed E-state index contributed by atoms with van der Waals surface area (Å²) >= 11 is 0. The molecule has 1 heterocycles. The maximum absolute atomic E-state index is 12.1. The Balaban J connectivity index is 2.01. The molecule has 1 fully saturated rings. The van der Waals surface area contributed by atoms with Gasteiger partial charge in [0.2, 0.25) is 11.8 Å². The third-order valence-electron chi connectivity index (χ3n) is 4.04. The number of hydrogen-bond acceptors (Lipinski definition) is 3. The summed E-state index contributed by atoms with van der Waals surface area (Å²) in [6.45, 7) is 8.55. The van der Waals surface area contributed by atoms with Gasteiger partial charge in [-0.3, -0.25) is 9.59 Å². The van der Waals surface area contributed by atoms with Crippen LogP contribution in [0.3, 0.4) is 0 Å². The van der Waals surface area contributed by atoms with Crippen molar-refractivity contribution in [3.05, 3.63) is 23.8 Å². The molecule has 5 heteroatoms. The largest absolute Gasteiger partial charge is 0.326 e. The standard InChI is InChI=1S/C18H27N3O2/c1-12-7-8-14(10-15(12)21-17(23)18(2,3)4)20-16(22)11-13-6-5-9-19-13/h7-8,10,13,19H,5-6,9,11H2,1-4H3,(H,20,22)(H,21,23). The van der Waals surface area contributed by atoms with Crippen molar-refractivity contribution >= 4 is 23.2 Å². The van der Waals surface area contributed by atoms with Crippen LogP contribution in [-0.2, 0) is 9.59 Å². The van der Waals surface area contributed by atoms with Crippen LogP contribution < -0.4 is 16.0 Å². The number of benzene rings is 1. The van der Waals surface area contributed by atoms with Crippen LogP contribution in [0.25, 0.3) is 0 Å². The van der Waals surface area contributed by atoms with Crippen LogP contribution >= 0.6 is 0 Å². The van der Waals surface area contributed by atoms with E-state index in [4.69, 9.17) is 0 Å². The van der Waals surface area contributed by atoms with Crippen molar-refractivity contribution in [2.75, 3.05) is 17.2 Å². The Kier molecular flexibility index (Phi) is 5.42. The highest BCUT2D eigenvalue weighted by Gasteiger charge is 2.22. The number of nitrogens with one attached hydrogen (secondary N) is 3. The molecular weight excluding hydrogens is 290 g/mol. The summed E-state index contributed by atoms with van der Waals surface area (Å²) < 4.78 is 0. The summed E-state index contributed by atoms with van der Waals surface area (Å²) in [6, 6.07) is 5.86. The molecule has 2 amide bonds. The fourth-order valence-corrected chi connectivity index (χ4v) is 2.51. The maximum Gasteiger partial charge on any atom is 0.229 e. The molecule has 126 valence electrons. The molecule has 23 heavy (non-hydrogen) atoms. The van der Waals surface area contributed by atoms with Gasteiger partial charge in [0.1, 0.15) is 0 Å². The van der Waals surface area contributed by atoms with Crippen molar-refractivity contribution in [2.45, 2.75) is 53.0 Å². The quantitative estimate of drug-likeness (QED) is 0.799. The van der Waals surface area contributed by atoms with Crippen molar-refractivity contribution in [2.24, 2.45) is 5.41 Å². The SMILES string of the molecule is Cc1ccc(NC(=O)CC2CCCN2)cc1NC(=O)C(C)(C)C. The predicted molar refractivity (Wildman–Crippen MR) is 93.5 cm³/mol. The van der Waals surface area contributed by atoms with E-state index in [2.05, 4.69) is 16.0 Å². The highest BCUT2D eigenvalue weighted by Crippen LogP contribution is 2.24. The first-order chi connectivity index (χ1) is 10.8. The molecule has 0 aromatic heterocycles. The molecule has 1 aromatic rings. The molecule has 1 saturated heterocycles. The molecule has 2 rings (SSSR count). The Hall–Kier alpha value is -1.88. The van der Waals surface area contributed by atoms with Crippen molar-refractivity contribution in [1.82, 2.24) is 5.32 Å². The molecule has 1 unspecified atom stereocenters. The number of hydrogen-bond donors (Lipinski definition) is 3. The molecule has 0 aliphatic carbocycles. The second-order valence-corrected chi connectivity index (χ2v) is 7.28. The van der Waals surface area contributed by atoms with Gasteiger partial charge in [-0.25, -0.2) is 0 Å². The predicted octanol–water partition coefficient (Wildman–Crippen LogP) is 3.06. The van der Waals surface area contributed by atoms with Crippen LogP contribution in [-0.4, -0.2) is 24.4 Å². The molecule has 0 radical (unpaired) electrons. The number of carbonyl (C=O) groups is 2. The third-order valence-corrected chi connectivity index (χ3v) is 4.04. The summed E-state index contributed by atoms with van der Waals surface area (Å²) in [6.07, 6.45) is 2.66. The minimum atomic E-state index is -0.458. The number of aryl methyl sites for hydroxylation is 1. The lowest BCUT2D eigenvalue weighted by Gasteiger charge is -2.19. The molecule has 0 bridgehead atoms. The average molecular weight is 317 g/mol. The molecule has 1 aromatic carbocycles. The Labute approximate surface area is 138 Å². The van der Waals surface area contributed by atoms with Crippen LogP contribution in [0.1, 0.15) is 45.6 Å². The van der Waals surface area contributed by atoms with Gasteiger partial charge >= 0.3 is 0 Å². The van der Waals surface area contributed by atoms with Crippen LogP contribution in [0, 0.1) is 12.3 Å². The summed E-state index contributed by atoms with van der Waals surface area (Å²) in [5.41, 5.74) is 1.96. The molecule has 1 atom stereocenters. The van der Waals surface area contributed by atoms with Crippen LogP contribution in [0.2, 0.25) is 0 Å². The van der Waals surface area contributed by atoms with E-state index in [1.165, 1.54) is 0 Å². The third kappa shape index (κ3) is 5.06. The Morgan fingerprint density at radius 3 is 2.61 bits per heavy atom. The van der Waals surface area contributed by atoms with Crippen molar-refractivity contribution in [3.8, 4) is 0 Å². The first-order valence-corrected chi connectivity index (χ1v) is 8.21. The zero-order valence-corrected chi connectivity index (χ0v) is 14.5. The van der Waals surface area contributed by atoms with Gasteiger partial charge in [0.15, 0.2) is 0 Å². The first-order valence-electron chi connectivity index (χ1n) is 8.21. The van der Waals surface area contributed by atoms with Gasteiger partial charge in [-0.15, -0.1) is 0 Å². The topological polar surface area (TPSA) is 70.2 Å². The minimum Gasteiger partial charge on any atom is -0.326 e. The van der Waals surface area contributed by atoms with Crippen LogP contribution in [0.4, 0.5) is 11.4 Å². The zero-order valence-electron chi connectivity index (χ0n) is 14.5. The molecule has 5 nitrogen and oxygen atoms in total. The number of carbonyl (C=O) groups excluding carboxylic acids is 2. The van der Waals surface area contributed by atoms with Gasteiger partial charge in [0.25, 0.3) is 0 Å². The van der Waals surface area contributed by atoms with Crippen LogP contribution in [0.5, 0.6) is 0 Å². The highest BCUT2D eigenvalue weighted by atomic mass is 16.2. The summed E-state index contributed by atoms with van der Waals surface area (Å²) in [4.78, 5) is 24.3. The smallest absolute Gasteiger partial charge is 0.229 e. The summed E-state index contributed by atoms with van der Waals surface area (Å²) in [5.74, 6) is -0.0411. The van der Waals surface area contributed by atoms with E-state index in [0.717, 1.165) is 30.6 Å². The number of rotatable bonds is 4. The normalized spacial score (nSPS) is 17.8. The Morgan fingerprint density at radius 1 is 1.26 bits per heavy atom. The molecule has 0 spiro atoms. The van der Waals surface area contributed by atoms with Gasteiger partial charge in [-0.05, 0) is 44.0 Å². The average Bonchev–Trinajstić information content (AvgIpc) is 2.94. The van der Waals surface area contributed by atoms with E-state index in [0.29, 0.717) is 12.1 Å². The zero-order chi connectivity index (χ0) is 17.0. The summed E-state index contributed by atoms with van der Waals surface area (Å²) in [5, 5.41) is 9.17.